The Kier molecular flexibility index (Phi) is 9.54. The highest BCUT2D eigenvalue weighted by Crippen LogP contribution is 2.25. The molecule has 1 fully saturated rings. The molecule has 1 saturated carbocycles. The van der Waals surface area contributed by atoms with Gasteiger partial charge in [0, 0.05) is 12.6 Å². The highest BCUT2D eigenvalue weighted by molar-refractivity contribution is 4.83. The van der Waals surface area contributed by atoms with Gasteiger partial charge in [0.05, 0.1) is 0 Å². The van der Waals surface area contributed by atoms with E-state index in [1.807, 2.05) is 0 Å². The zero-order chi connectivity index (χ0) is 13.9. The van der Waals surface area contributed by atoms with Gasteiger partial charge < -0.3 is 10.2 Å². The minimum Gasteiger partial charge on any atom is -0.314 e. The standard InChI is InChI=1S/C17H36N2/c1-4-7-13-19(14-8-5-2)15-16-11-9-10-12-17(16)18-6-3/h16-18H,4-15H2,1-3H3. The predicted octanol–water partition coefficient (Wildman–Crippen LogP) is 4.06. The van der Waals surface area contributed by atoms with E-state index in [1.165, 1.54) is 71.0 Å². The summed E-state index contributed by atoms with van der Waals surface area (Å²) in [6, 6.07) is 0.782. The molecule has 2 nitrogen and oxygen atoms in total. The highest BCUT2D eigenvalue weighted by atomic mass is 15.1. The Hall–Kier alpha value is -0.0800. The van der Waals surface area contributed by atoms with Crippen LogP contribution in [0.15, 0.2) is 0 Å². The van der Waals surface area contributed by atoms with Crippen LogP contribution in [0.2, 0.25) is 0 Å². The first-order chi connectivity index (χ1) is 9.31. The average Bonchev–Trinajstić information content (AvgIpc) is 2.44. The van der Waals surface area contributed by atoms with E-state index >= 15 is 0 Å². The van der Waals surface area contributed by atoms with E-state index in [1.54, 1.807) is 0 Å². The Balaban J connectivity index is 2.43. The third kappa shape index (κ3) is 6.76. The van der Waals surface area contributed by atoms with E-state index in [0.29, 0.717) is 0 Å². The predicted molar refractivity (Wildman–Crippen MR) is 85.7 cm³/mol. The van der Waals surface area contributed by atoms with Crippen LogP contribution in [-0.4, -0.2) is 37.1 Å². The van der Waals surface area contributed by atoms with Crippen LogP contribution in [0.25, 0.3) is 0 Å². The number of unbranched alkanes of at least 4 members (excludes halogenated alkanes) is 2. The number of nitrogens with one attached hydrogen (secondary N) is 1. The second kappa shape index (κ2) is 10.7. The summed E-state index contributed by atoms with van der Waals surface area (Å²) in [4.78, 5) is 2.74. The van der Waals surface area contributed by atoms with E-state index in [4.69, 9.17) is 0 Å². The molecule has 1 rings (SSSR count). The van der Waals surface area contributed by atoms with Gasteiger partial charge in [-0.05, 0) is 51.2 Å². The van der Waals surface area contributed by atoms with Crippen molar-refractivity contribution in [2.24, 2.45) is 5.92 Å². The van der Waals surface area contributed by atoms with Crippen LogP contribution >= 0.6 is 0 Å². The summed E-state index contributed by atoms with van der Waals surface area (Å²) in [7, 11) is 0. The van der Waals surface area contributed by atoms with E-state index < -0.39 is 0 Å². The largest absolute Gasteiger partial charge is 0.314 e. The molecular formula is C17H36N2. The Morgan fingerprint density at radius 3 is 2.16 bits per heavy atom. The number of nitrogens with zero attached hydrogens (tertiary/aromatic N) is 1. The monoisotopic (exact) mass is 268 g/mol. The van der Waals surface area contributed by atoms with Crippen molar-refractivity contribution in [1.29, 1.82) is 0 Å². The molecule has 2 unspecified atom stereocenters. The fraction of sp³-hybridized carbons (Fsp3) is 1.00. The molecule has 0 spiro atoms. The van der Waals surface area contributed by atoms with Crippen LogP contribution in [-0.2, 0) is 0 Å². The molecule has 0 heterocycles. The summed E-state index contributed by atoms with van der Waals surface area (Å²) >= 11 is 0. The van der Waals surface area contributed by atoms with Crippen molar-refractivity contribution in [3.8, 4) is 0 Å². The van der Waals surface area contributed by atoms with Gasteiger partial charge in [-0.3, -0.25) is 0 Å². The van der Waals surface area contributed by atoms with E-state index in [2.05, 4.69) is 31.0 Å². The molecule has 0 aromatic carbocycles. The number of hydrogen-bond donors (Lipinski definition) is 1. The summed E-state index contributed by atoms with van der Waals surface area (Å²) < 4.78 is 0. The number of rotatable bonds is 10. The molecule has 1 N–H and O–H groups in total. The highest BCUT2D eigenvalue weighted by Gasteiger charge is 2.25. The van der Waals surface area contributed by atoms with Crippen LogP contribution in [0.4, 0.5) is 0 Å². The minimum absolute atomic E-state index is 0.782. The molecule has 0 saturated heterocycles. The van der Waals surface area contributed by atoms with Crippen molar-refractivity contribution in [2.75, 3.05) is 26.2 Å². The molecule has 1 aliphatic carbocycles. The van der Waals surface area contributed by atoms with Crippen molar-refractivity contribution in [2.45, 2.75) is 78.2 Å². The minimum atomic E-state index is 0.782. The molecule has 0 aromatic heterocycles. The SMILES string of the molecule is CCCCN(CCCC)CC1CCCCC1NCC. The summed E-state index contributed by atoms with van der Waals surface area (Å²) in [5.41, 5.74) is 0. The lowest BCUT2D eigenvalue weighted by Gasteiger charge is -2.36. The van der Waals surface area contributed by atoms with Crippen molar-refractivity contribution < 1.29 is 0 Å². The van der Waals surface area contributed by atoms with Gasteiger partial charge >= 0.3 is 0 Å². The summed E-state index contributed by atoms with van der Waals surface area (Å²) in [6.07, 6.45) is 11.1. The molecule has 0 radical (unpaired) electrons. The second-order valence-corrected chi connectivity index (χ2v) is 6.22. The fourth-order valence-electron chi connectivity index (χ4n) is 3.35. The first-order valence-corrected chi connectivity index (χ1v) is 8.77. The van der Waals surface area contributed by atoms with Gasteiger partial charge in [-0.2, -0.15) is 0 Å². The van der Waals surface area contributed by atoms with Gasteiger partial charge in [0.25, 0.3) is 0 Å². The average molecular weight is 268 g/mol. The van der Waals surface area contributed by atoms with Crippen molar-refractivity contribution in [3.63, 3.8) is 0 Å². The lowest BCUT2D eigenvalue weighted by molar-refractivity contribution is 0.165. The zero-order valence-electron chi connectivity index (χ0n) is 13.6. The summed E-state index contributed by atoms with van der Waals surface area (Å²) in [5, 5.41) is 3.73. The molecule has 2 heteroatoms. The smallest absolute Gasteiger partial charge is 0.0107 e. The van der Waals surface area contributed by atoms with Crippen LogP contribution in [0.5, 0.6) is 0 Å². The zero-order valence-corrected chi connectivity index (χ0v) is 13.6. The lowest BCUT2D eigenvalue weighted by atomic mass is 9.84. The van der Waals surface area contributed by atoms with Gasteiger partial charge in [-0.25, -0.2) is 0 Å². The first-order valence-electron chi connectivity index (χ1n) is 8.77. The van der Waals surface area contributed by atoms with E-state index in [0.717, 1.165) is 18.5 Å². The lowest BCUT2D eigenvalue weighted by Crippen LogP contribution is -2.44. The van der Waals surface area contributed by atoms with E-state index in [9.17, 15) is 0 Å². The molecule has 2 atom stereocenters. The molecule has 0 amide bonds. The molecule has 1 aliphatic rings. The third-order valence-corrected chi connectivity index (χ3v) is 4.52. The Morgan fingerprint density at radius 1 is 0.947 bits per heavy atom. The molecule has 19 heavy (non-hydrogen) atoms. The quantitative estimate of drug-likeness (QED) is 0.643. The summed E-state index contributed by atoms with van der Waals surface area (Å²) in [6.45, 7) is 11.9. The van der Waals surface area contributed by atoms with Gasteiger partial charge in [0.1, 0.15) is 0 Å². The van der Waals surface area contributed by atoms with Crippen LogP contribution in [0.3, 0.4) is 0 Å². The van der Waals surface area contributed by atoms with Gasteiger partial charge in [-0.1, -0.05) is 46.5 Å². The molecule has 114 valence electrons. The fourth-order valence-corrected chi connectivity index (χ4v) is 3.35. The second-order valence-electron chi connectivity index (χ2n) is 6.22. The maximum Gasteiger partial charge on any atom is 0.0107 e. The molecular weight excluding hydrogens is 232 g/mol. The topological polar surface area (TPSA) is 15.3 Å². The third-order valence-electron chi connectivity index (χ3n) is 4.52. The number of hydrogen-bond acceptors (Lipinski definition) is 2. The van der Waals surface area contributed by atoms with E-state index in [-0.39, 0.29) is 0 Å². The Labute approximate surface area is 121 Å². The van der Waals surface area contributed by atoms with Gasteiger partial charge in [0.15, 0.2) is 0 Å². The van der Waals surface area contributed by atoms with Crippen LogP contribution in [0.1, 0.15) is 72.1 Å². The van der Waals surface area contributed by atoms with Crippen molar-refractivity contribution in [3.05, 3.63) is 0 Å². The Bertz CT molecular complexity index is 195. The Morgan fingerprint density at radius 2 is 1.58 bits per heavy atom. The maximum absolute atomic E-state index is 3.73. The molecule has 0 aliphatic heterocycles. The van der Waals surface area contributed by atoms with Crippen molar-refractivity contribution in [1.82, 2.24) is 10.2 Å². The van der Waals surface area contributed by atoms with Gasteiger partial charge in [-0.15, -0.1) is 0 Å². The summed E-state index contributed by atoms with van der Waals surface area (Å²) in [5.74, 6) is 0.891. The molecule has 0 aromatic rings. The van der Waals surface area contributed by atoms with Crippen molar-refractivity contribution >= 4 is 0 Å². The maximum atomic E-state index is 3.73. The molecule has 0 bridgehead atoms. The van der Waals surface area contributed by atoms with Crippen LogP contribution < -0.4 is 5.32 Å². The van der Waals surface area contributed by atoms with Crippen LogP contribution in [0, 0.1) is 5.92 Å². The first kappa shape index (κ1) is 17.0. The van der Waals surface area contributed by atoms with Gasteiger partial charge in [0.2, 0.25) is 0 Å². The normalized spacial score (nSPS) is 24.0.